The number of esters is 1. The fourth-order valence-corrected chi connectivity index (χ4v) is 7.78. The van der Waals surface area contributed by atoms with Crippen LogP contribution >= 0.6 is 0 Å². The van der Waals surface area contributed by atoms with E-state index in [0.717, 1.165) is 29.8 Å². The summed E-state index contributed by atoms with van der Waals surface area (Å²) in [5.74, 6) is -1.25. The third kappa shape index (κ3) is 5.35. The molecule has 5 rings (SSSR count). The SMILES string of the molecule is COC(=O)c1ccccc1CS(=O)(=O)N(C[C@H]1CCC2=Cc3c(cnn3-c3ccc(F)cc3)C[C@@]21C)C[C@H](C)O. The highest BCUT2D eigenvalue weighted by Crippen LogP contribution is 2.53. The van der Waals surface area contributed by atoms with Gasteiger partial charge in [0.1, 0.15) is 5.82 Å². The number of sulfonamides is 1. The molecule has 0 radical (unpaired) electrons. The average molecular weight is 568 g/mol. The zero-order valence-electron chi connectivity index (χ0n) is 22.9. The van der Waals surface area contributed by atoms with Crippen molar-refractivity contribution in [2.45, 2.75) is 45.0 Å². The molecule has 3 aromatic rings. The Kier molecular flexibility index (Phi) is 7.69. The van der Waals surface area contributed by atoms with Crippen molar-refractivity contribution in [3.63, 3.8) is 0 Å². The Morgan fingerprint density at radius 2 is 1.98 bits per heavy atom. The molecule has 0 bridgehead atoms. The van der Waals surface area contributed by atoms with E-state index in [1.807, 2.05) is 10.9 Å². The van der Waals surface area contributed by atoms with Gasteiger partial charge in [0, 0.05) is 13.1 Å². The Morgan fingerprint density at radius 3 is 2.67 bits per heavy atom. The van der Waals surface area contributed by atoms with Gasteiger partial charge in [-0.1, -0.05) is 30.7 Å². The van der Waals surface area contributed by atoms with Crippen molar-refractivity contribution in [2.24, 2.45) is 11.3 Å². The van der Waals surface area contributed by atoms with E-state index >= 15 is 0 Å². The lowest BCUT2D eigenvalue weighted by Crippen LogP contribution is -2.44. The molecule has 0 saturated heterocycles. The van der Waals surface area contributed by atoms with Gasteiger partial charge in [0.15, 0.2) is 0 Å². The highest BCUT2D eigenvalue weighted by molar-refractivity contribution is 7.88. The minimum Gasteiger partial charge on any atom is -0.465 e. The number of fused-ring (bicyclic) bond motifs is 2. The number of benzene rings is 2. The summed E-state index contributed by atoms with van der Waals surface area (Å²) < 4.78 is 49.0. The van der Waals surface area contributed by atoms with Gasteiger partial charge in [0.25, 0.3) is 0 Å². The molecule has 3 atom stereocenters. The molecular formula is C30H34FN3O5S. The van der Waals surface area contributed by atoms with Crippen molar-refractivity contribution in [1.82, 2.24) is 14.1 Å². The molecule has 1 N–H and O–H groups in total. The number of nitrogens with zero attached hydrogens (tertiary/aromatic N) is 3. The van der Waals surface area contributed by atoms with E-state index in [-0.39, 0.29) is 41.6 Å². The summed E-state index contributed by atoms with van der Waals surface area (Å²) in [5, 5.41) is 14.8. The quantitative estimate of drug-likeness (QED) is 0.386. The van der Waals surface area contributed by atoms with Crippen molar-refractivity contribution in [2.75, 3.05) is 20.2 Å². The molecule has 1 saturated carbocycles. The lowest BCUT2D eigenvalue weighted by Gasteiger charge is -2.38. The summed E-state index contributed by atoms with van der Waals surface area (Å²) >= 11 is 0. The van der Waals surface area contributed by atoms with Crippen LogP contribution in [0.3, 0.4) is 0 Å². The van der Waals surface area contributed by atoms with Crippen LogP contribution in [-0.4, -0.2) is 59.9 Å². The molecule has 40 heavy (non-hydrogen) atoms. The van der Waals surface area contributed by atoms with Gasteiger partial charge in [-0.3, -0.25) is 0 Å². The number of ether oxygens (including phenoxy) is 1. The van der Waals surface area contributed by atoms with E-state index in [1.165, 1.54) is 29.1 Å². The van der Waals surface area contributed by atoms with E-state index in [2.05, 4.69) is 18.1 Å². The van der Waals surface area contributed by atoms with Crippen LogP contribution < -0.4 is 0 Å². The Hall–Kier alpha value is -3.34. The zero-order valence-corrected chi connectivity index (χ0v) is 23.7. The number of hydrogen-bond donors (Lipinski definition) is 1. The van der Waals surface area contributed by atoms with Crippen LogP contribution in [0.25, 0.3) is 11.8 Å². The molecule has 10 heteroatoms. The Morgan fingerprint density at radius 1 is 1.25 bits per heavy atom. The van der Waals surface area contributed by atoms with Crippen LogP contribution in [0.4, 0.5) is 4.39 Å². The second kappa shape index (κ2) is 10.9. The summed E-state index contributed by atoms with van der Waals surface area (Å²) in [6.07, 6.45) is 5.45. The number of halogens is 1. The van der Waals surface area contributed by atoms with Gasteiger partial charge >= 0.3 is 5.97 Å². The second-order valence-electron chi connectivity index (χ2n) is 11.0. The number of methoxy groups -OCH3 is 1. The fraction of sp³-hybridized carbons (Fsp3) is 0.400. The molecule has 1 fully saturated rings. The van der Waals surface area contributed by atoms with E-state index in [0.29, 0.717) is 12.0 Å². The summed E-state index contributed by atoms with van der Waals surface area (Å²) in [5.41, 5.74) is 4.32. The first-order valence-electron chi connectivity index (χ1n) is 13.4. The predicted molar refractivity (Wildman–Crippen MR) is 150 cm³/mol. The molecule has 0 aliphatic heterocycles. The molecular weight excluding hydrogens is 533 g/mol. The molecule has 0 unspecified atom stereocenters. The number of rotatable bonds is 9. The number of aliphatic hydroxyl groups excluding tert-OH is 1. The van der Waals surface area contributed by atoms with Gasteiger partial charge in [0.05, 0.1) is 42.1 Å². The topological polar surface area (TPSA) is 102 Å². The maximum atomic E-state index is 13.7. The van der Waals surface area contributed by atoms with E-state index < -0.39 is 22.1 Å². The first-order chi connectivity index (χ1) is 19.0. The average Bonchev–Trinajstić information content (AvgIpc) is 3.46. The van der Waals surface area contributed by atoms with Gasteiger partial charge in [-0.15, -0.1) is 0 Å². The van der Waals surface area contributed by atoms with E-state index in [4.69, 9.17) is 4.74 Å². The first kappa shape index (κ1) is 28.2. The molecule has 0 amide bonds. The van der Waals surface area contributed by atoms with Crippen LogP contribution in [0.2, 0.25) is 0 Å². The second-order valence-corrected chi connectivity index (χ2v) is 13.0. The molecule has 2 aliphatic rings. The number of carbonyl (C=O) groups is 1. The van der Waals surface area contributed by atoms with Gasteiger partial charge in [-0.25, -0.2) is 22.3 Å². The van der Waals surface area contributed by atoms with Gasteiger partial charge in [0.2, 0.25) is 10.0 Å². The van der Waals surface area contributed by atoms with Crippen molar-refractivity contribution in [3.8, 4) is 5.69 Å². The minimum atomic E-state index is -3.88. The van der Waals surface area contributed by atoms with Crippen LogP contribution in [-0.2, 0) is 26.9 Å². The maximum Gasteiger partial charge on any atom is 0.338 e. The largest absolute Gasteiger partial charge is 0.465 e. The van der Waals surface area contributed by atoms with Crippen molar-refractivity contribution in [1.29, 1.82) is 0 Å². The molecule has 8 nitrogen and oxygen atoms in total. The molecule has 2 aliphatic carbocycles. The number of aliphatic hydroxyl groups is 1. The maximum absolute atomic E-state index is 13.7. The predicted octanol–water partition coefficient (Wildman–Crippen LogP) is 4.37. The Balaban J connectivity index is 1.41. The molecule has 1 heterocycles. The van der Waals surface area contributed by atoms with Gasteiger partial charge < -0.3 is 9.84 Å². The van der Waals surface area contributed by atoms with Crippen molar-refractivity contribution in [3.05, 3.63) is 88.5 Å². The molecule has 0 spiro atoms. The van der Waals surface area contributed by atoms with Crippen molar-refractivity contribution >= 4 is 22.1 Å². The summed E-state index contributed by atoms with van der Waals surface area (Å²) in [7, 11) is -2.62. The highest BCUT2D eigenvalue weighted by atomic mass is 32.2. The van der Waals surface area contributed by atoms with Crippen LogP contribution in [0.15, 0.2) is 60.3 Å². The molecule has 2 aromatic carbocycles. The zero-order chi connectivity index (χ0) is 28.7. The number of allylic oxidation sites excluding steroid dienone is 1. The lowest BCUT2D eigenvalue weighted by atomic mass is 9.70. The summed E-state index contributed by atoms with van der Waals surface area (Å²) in [6, 6.07) is 12.7. The molecule has 212 valence electrons. The smallest absolute Gasteiger partial charge is 0.338 e. The number of carbonyl (C=O) groups excluding carboxylic acids is 1. The third-order valence-electron chi connectivity index (χ3n) is 8.27. The lowest BCUT2D eigenvalue weighted by molar-refractivity contribution is 0.0599. The summed E-state index contributed by atoms with van der Waals surface area (Å²) in [6.45, 7) is 3.96. The van der Waals surface area contributed by atoms with Crippen LogP contribution in [0, 0.1) is 17.2 Å². The normalized spacial score (nSPS) is 21.1. The first-order valence-corrected chi connectivity index (χ1v) is 15.0. The van der Waals surface area contributed by atoms with E-state index in [9.17, 15) is 22.7 Å². The third-order valence-corrected chi connectivity index (χ3v) is 10.0. The monoisotopic (exact) mass is 567 g/mol. The Bertz CT molecular complexity index is 1550. The number of aromatic nitrogens is 2. The Labute approximate surface area is 234 Å². The van der Waals surface area contributed by atoms with Gasteiger partial charge in [-0.2, -0.15) is 9.40 Å². The minimum absolute atomic E-state index is 0.0189. The highest BCUT2D eigenvalue weighted by Gasteiger charge is 2.47. The van der Waals surface area contributed by atoms with Crippen molar-refractivity contribution < 1.29 is 27.4 Å². The summed E-state index contributed by atoms with van der Waals surface area (Å²) in [4.78, 5) is 12.3. The van der Waals surface area contributed by atoms with Gasteiger partial charge in [-0.05, 0) is 85.1 Å². The number of hydrogen-bond acceptors (Lipinski definition) is 6. The molecule has 1 aromatic heterocycles. The fourth-order valence-electron chi connectivity index (χ4n) is 6.10. The van der Waals surface area contributed by atoms with E-state index in [1.54, 1.807) is 43.3 Å². The van der Waals surface area contributed by atoms with Crippen LogP contribution in [0.1, 0.15) is 53.9 Å². The van der Waals surface area contributed by atoms with Crippen LogP contribution in [0.5, 0.6) is 0 Å². The standard InChI is InChI=1S/C30H34FN3O5S/c1-20(35)17-33(40(37,38)19-21-6-4-5-7-27(21)29(36)39-3)18-24-9-8-23-14-28-22(15-30(23,24)2)16-32-34(28)26-12-10-25(31)11-13-26/h4-7,10-14,16,20,24,35H,8-9,15,17-19H2,1-3H3/t20-,24+,30-/m0/s1.